The Morgan fingerprint density at radius 3 is 2.27 bits per heavy atom. The minimum absolute atomic E-state index is 0.223. The second kappa shape index (κ2) is 26.6. The maximum absolute atomic E-state index is 9.70. The third-order valence-corrected chi connectivity index (χ3v) is 7.88. The molecule has 0 amide bonds. The summed E-state index contributed by atoms with van der Waals surface area (Å²) < 4.78 is 6.67. The number of aliphatic hydroxyl groups excluding tert-OH is 1. The zero-order valence-electron chi connectivity index (χ0n) is 29.4. The van der Waals surface area contributed by atoms with E-state index in [1.54, 1.807) is 6.26 Å². The van der Waals surface area contributed by atoms with Crippen LogP contribution in [0.3, 0.4) is 0 Å². The number of benzene rings is 2. The number of nitrogens with two attached hydrogens (primary N) is 1. The Morgan fingerprint density at radius 2 is 1.61 bits per heavy atom. The van der Waals surface area contributed by atoms with Crippen molar-refractivity contribution in [3.63, 3.8) is 0 Å². The van der Waals surface area contributed by atoms with Crippen LogP contribution >= 0.6 is 11.3 Å². The Bertz CT molecular complexity index is 1280. The quantitative estimate of drug-likeness (QED) is 0.122. The van der Waals surface area contributed by atoms with Gasteiger partial charge in [-0.3, -0.25) is 0 Å². The molecule has 0 aliphatic rings. The molecule has 2 aromatic carbocycles. The molecule has 4 aromatic rings. The van der Waals surface area contributed by atoms with Crippen molar-refractivity contribution in [3.8, 4) is 0 Å². The molecule has 0 aliphatic heterocycles. The van der Waals surface area contributed by atoms with Crippen LogP contribution in [0.5, 0.6) is 0 Å². The van der Waals surface area contributed by atoms with Crippen molar-refractivity contribution in [1.82, 2.24) is 0 Å². The molecule has 2 heterocycles. The number of allylic oxidation sites excluding steroid dienone is 4. The van der Waals surface area contributed by atoms with Gasteiger partial charge < -0.3 is 15.3 Å². The smallest absolute Gasteiger partial charge is 0.133 e. The Morgan fingerprint density at radius 1 is 0.909 bits per heavy atom. The van der Waals surface area contributed by atoms with Crippen LogP contribution in [0.1, 0.15) is 118 Å². The molecule has 2 atom stereocenters. The second-order valence-corrected chi connectivity index (χ2v) is 11.6. The summed E-state index contributed by atoms with van der Waals surface area (Å²) in [7, 11) is 0. The summed E-state index contributed by atoms with van der Waals surface area (Å²) in [5.41, 5.74) is 10.3. The lowest BCUT2D eigenvalue weighted by Crippen LogP contribution is -2.09. The minimum Gasteiger partial charge on any atom is -0.464 e. The molecule has 0 radical (unpaired) electrons. The summed E-state index contributed by atoms with van der Waals surface area (Å²) in [6, 6.07) is 17.1. The first-order chi connectivity index (χ1) is 21.4. The van der Waals surface area contributed by atoms with Crippen LogP contribution in [0.4, 0.5) is 0 Å². The van der Waals surface area contributed by atoms with Gasteiger partial charge in [-0.25, -0.2) is 0 Å². The number of fused-ring (bicyclic) bond motifs is 2. The van der Waals surface area contributed by atoms with E-state index in [1.807, 2.05) is 82.4 Å². The fraction of sp³-hybridized carbons (Fsp3) is 0.500. The maximum atomic E-state index is 9.70. The van der Waals surface area contributed by atoms with Gasteiger partial charge in [0.25, 0.3) is 0 Å². The molecule has 0 fully saturated rings. The molecule has 246 valence electrons. The van der Waals surface area contributed by atoms with Crippen molar-refractivity contribution < 1.29 is 9.52 Å². The highest BCUT2D eigenvalue weighted by Crippen LogP contribution is 2.22. The molecule has 2 aromatic heterocycles. The van der Waals surface area contributed by atoms with E-state index in [0.717, 1.165) is 42.3 Å². The van der Waals surface area contributed by atoms with Gasteiger partial charge in [-0.2, -0.15) is 0 Å². The SMILES string of the molecule is C/C=C\C=C(/N)CC(C)CC.CC.CC.CCCC(O)Cc1ccc2occc2c1.CCCCCc1ccc2sccc2c1. The van der Waals surface area contributed by atoms with Crippen molar-refractivity contribution in [2.24, 2.45) is 11.7 Å². The highest BCUT2D eigenvalue weighted by Gasteiger charge is 2.05. The third kappa shape index (κ3) is 17.5. The van der Waals surface area contributed by atoms with Gasteiger partial charge in [-0.05, 0) is 103 Å². The fourth-order valence-electron chi connectivity index (χ4n) is 4.44. The second-order valence-electron chi connectivity index (χ2n) is 10.7. The van der Waals surface area contributed by atoms with Gasteiger partial charge in [-0.1, -0.05) is 111 Å². The van der Waals surface area contributed by atoms with Gasteiger partial charge in [0.2, 0.25) is 0 Å². The molecule has 0 saturated heterocycles. The van der Waals surface area contributed by atoms with Crippen LogP contribution in [0.2, 0.25) is 0 Å². The molecule has 3 nitrogen and oxygen atoms in total. The van der Waals surface area contributed by atoms with Crippen LogP contribution in [0.15, 0.2) is 88.5 Å². The van der Waals surface area contributed by atoms with E-state index < -0.39 is 0 Å². The first-order valence-electron chi connectivity index (χ1n) is 17.1. The Hall–Kier alpha value is -2.82. The number of thiophene rings is 1. The van der Waals surface area contributed by atoms with E-state index in [1.165, 1.54) is 53.3 Å². The summed E-state index contributed by atoms with van der Waals surface area (Å²) in [6.45, 7) is 18.7. The van der Waals surface area contributed by atoms with Crippen LogP contribution in [0.25, 0.3) is 21.1 Å². The Balaban J connectivity index is 0.000000603. The molecule has 0 saturated carbocycles. The van der Waals surface area contributed by atoms with Crippen LogP contribution in [0, 0.1) is 5.92 Å². The van der Waals surface area contributed by atoms with Crippen LogP contribution in [-0.2, 0) is 12.8 Å². The Labute approximate surface area is 274 Å². The van der Waals surface area contributed by atoms with Crippen molar-refractivity contribution in [2.45, 2.75) is 126 Å². The Kier molecular flexibility index (Phi) is 24.9. The average Bonchev–Trinajstić information content (AvgIpc) is 3.72. The number of hydrogen-bond donors (Lipinski definition) is 2. The van der Waals surface area contributed by atoms with Crippen molar-refractivity contribution in [1.29, 1.82) is 0 Å². The summed E-state index contributed by atoms with van der Waals surface area (Å²) in [6.07, 6.45) is 17.5. The van der Waals surface area contributed by atoms with Gasteiger partial charge in [0.1, 0.15) is 5.58 Å². The molecule has 0 bridgehead atoms. The molecule has 4 heteroatoms. The number of aryl methyl sites for hydroxylation is 1. The lowest BCUT2D eigenvalue weighted by molar-refractivity contribution is 0.164. The first-order valence-corrected chi connectivity index (χ1v) is 18.0. The third-order valence-electron chi connectivity index (χ3n) is 6.98. The average molecular weight is 622 g/mol. The zero-order valence-corrected chi connectivity index (χ0v) is 30.2. The standard InChI is InChI=1S/C13H16O2.C13H16S.C10H19N.2C2H6/c1-2-3-12(14)9-10-4-5-13-11(8-10)6-7-15-13;1-2-3-4-5-11-6-7-13-12(10-11)8-9-14-13;1-4-6-7-10(11)8-9(3)5-2;2*1-2/h4-8,12,14H,2-3,9H2,1H3;6-10H,2-5H2,1H3;4,6-7,9H,5,8,11H2,1-3H3;2*1-2H3/b;;6-4-,10-7-;;. The van der Waals surface area contributed by atoms with Gasteiger partial charge in [0.15, 0.2) is 0 Å². The topological polar surface area (TPSA) is 59.4 Å². The van der Waals surface area contributed by atoms with Crippen molar-refractivity contribution >= 4 is 32.4 Å². The summed E-state index contributed by atoms with van der Waals surface area (Å²) in [5.74, 6) is 0.705. The van der Waals surface area contributed by atoms with Crippen LogP contribution < -0.4 is 5.73 Å². The van der Waals surface area contributed by atoms with Crippen molar-refractivity contribution in [2.75, 3.05) is 0 Å². The fourth-order valence-corrected chi connectivity index (χ4v) is 5.21. The highest BCUT2D eigenvalue weighted by atomic mass is 32.1. The van der Waals surface area contributed by atoms with E-state index in [0.29, 0.717) is 5.92 Å². The molecule has 0 aliphatic carbocycles. The number of rotatable bonds is 12. The number of hydrogen-bond acceptors (Lipinski definition) is 4. The monoisotopic (exact) mass is 621 g/mol. The minimum atomic E-state index is -0.223. The number of furan rings is 1. The largest absolute Gasteiger partial charge is 0.464 e. The van der Waals surface area contributed by atoms with Gasteiger partial charge >= 0.3 is 0 Å². The van der Waals surface area contributed by atoms with Gasteiger partial charge in [-0.15, -0.1) is 11.3 Å². The normalized spacial score (nSPS) is 12.2. The maximum Gasteiger partial charge on any atom is 0.133 e. The molecule has 3 N–H and O–H groups in total. The van der Waals surface area contributed by atoms with E-state index >= 15 is 0 Å². The predicted molar refractivity (Wildman–Crippen MR) is 200 cm³/mol. The van der Waals surface area contributed by atoms with E-state index in [-0.39, 0.29) is 6.10 Å². The summed E-state index contributed by atoms with van der Waals surface area (Å²) in [5, 5.41) is 14.4. The first kappa shape index (κ1) is 41.2. The van der Waals surface area contributed by atoms with Crippen molar-refractivity contribution in [3.05, 3.63) is 95.2 Å². The van der Waals surface area contributed by atoms with Crippen LogP contribution in [-0.4, -0.2) is 11.2 Å². The molecule has 44 heavy (non-hydrogen) atoms. The number of unbranched alkanes of at least 4 members (excludes halogenated alkanes) is 2. The lowest BCUT2D eigenvalue weighted by atomic mass is 10.0. The predicted octanol–water partition coefficient (Wildman–Crippen LogP) is 12.7. The highest BCUT2D eigenvalue weighted by molar-refractivity contribution is 7.17. The summed E-state index contributed by atoms with van der Waals surface area (Å²) >= 11 is 1.82. The molecule has 0 spiro atoms. The summed E-state index contributed by atoms with van der Waals surface area (Å²) in [4.78, 5) is 0. The van der Waals surface area contributed by atoms with Gasteiger partial charge in [0.05, 0.1) is 12.4 Å². The lowest BCUT2D eigenvalue weighted by Gasteiger charge is -2.08. The number of aliphatic hydroxyl groups is 1. The van der Waals surface area contributed by atoms with Gasteiger partial charge in [0, 0.05) is 15.8 Å². The molecule has 2 unspecified atom stereocenters. The molecule has 4 rings (SSSR count). The zero-order chi connectivity index (χ0) is 33.2. The molecular weight excluding hydrogens is 559 g/mol. The van der Waals surface area contributed by atoms with E-state index in [9.17, 15) is 5.11 Å². The van der Waals surface area contributed by atoms with E-state index in [2.05, 4.69) is 63.4 Å². The molecular formula is C40H63NO2S. The van der Waals surface area contributed by atoms with E-state index in [4.69, 9.17) is 10.2 Å².